The van der Waals surface area contributed by atoms with Crippen LogP contribution in [0.5, 0.6) is 0 Å². The second kappa shape index (κ2) is 9.38. The molecule has 0 radical (unpaired) electrons. The van der Waals surface area contributed by atoms with Crippen LogP contribution in [0.15, 0.2) is 53.4 Å². The number of ether oxygens (including phenoxy) is 1. The molecule has 1 saturated heterocycles. The van der Waals surface area contributed by atoms with E-state index < -0.39 is 10.0 Å². The lowest BCUT2D eigenvalue weighted by Crippen LogP contribution is -2.40. The maximum Gasteiger partial charge on any atom is 0.253 e. The van der Waals surface area contributed by atoms with Crippen LogP contribution in [0.2, 0.25) is 0 Å². The highest BCUT2D eigenvalue weighted by Gasteiger charge is 2.26. The molecule has 0 unspecified atom stereocenters. The average molecular weight is 446 g/mol. The van der Waals surface area contributed by atoms with E-state index in [1.54, 1.807) is 12.1 Å². The monoisotopic (exact) mass is 445 g/mol. The first-order valence-electron chi connectivity index (χ1n) is 10.4. The lowest BCUT2D eigenvalue weighted by molar-refractivity contribution is 0.0944. The third-order valence-electron chi connectivity index (χ3n) is 5.59. The van der Waals surface area contributed by atoms with Crippen molar-refractivity contribution in [1.82, 2.24) is 9.62 Å². The molecule has 1 N–H and O–H groups in total. The van der Waals surface area contributed by atoms with Gasteiger partial charge in [0, 0.05) is 44.8 Å². The van der Waals surface area contributed by atoms with Gasteiger partial charge in [-0.1, -0.05) is 44.2 Å². The third-order valence-corrected chi connectivity index (χ3v) is 7.40. The predicted octanol–water partition coefficient (Wildman–Crippen LogP) is 2.48. The molecule has 2 aromatic carbocycles. The number of benzene rings is 2. The minimum Gasteiger partial charge on any atom is -0.378 e. The van der Waals surface area contributed by atoms with Gasteiger partial charge in [-0.05, 0) is 23.8 Å². The molecule has 1 amide bonds. The zero-order valence-electron chi connectivity index (χ0n) is 18.6. The van der Waals surface area contributed by atoms with Gasteiger partial charge in [0.05, 0.1) is 23.7 Å². The third kappa shape index (κ3) is 5.26. The molecule has 3 rings (SSSR count). The summed E-state index contributed by atoms with van der Waals surface area (Å²) in [6.07, 6.45) is 0. The fourth-order valence-corrected chi connectivity index (χ4v) is 4.46. The fourth-order valence-electron chi connectivity index (χ4n) is 3.54. The van der Waals surface area contributed by atoms with Crippen LogP contribution in [0, 0.1) is 0 Å². The summed E-state index contributed by atoms with van der Waals surface area (Å²) >= 11 is 0. The zero-order valence-corrected chi connectivity index (χ0v) is 19.4. The van der Waals surface area contributed by atoms with Gasteiger partial charge in [-0.2, -0.15) is 0 Å². The number of carbonyl (C=O) groups is 1. The minimum absolute atomic E-state index is 0.0991. The first-order chi connectivity index (χ1) is 14.6. The Kier molecular flexibility index (Phi) is 7.03. The summed E-state index contributed by atoms with van der Waals surface area (Å²) in [6, 6.07) is 14.7. The van der Waals surface area contributed by atoms with E-state index in [0.717, 1.165) is 15.6 Å². The number of nitrogens with zero attached hydrogens (tertiary/aromatic N) is 2. The van der Waals surface area contributed by atoms with Crippen molar-refractivity contribution in [1.29, 1.82) is 0 Å². The van der Waals surface area contributed by atoms with Crippen LogP contribution in [0.4, 0.5) is 5.69 Å². The van der Waals surface area contributed by atoms with Gasteiger partial charge in [0.1, 0.15) is 0 Å². The standard InChI is InChI=1S/C23H31N3O4S/c1-23(2,18-8-6-5-7-9-18)17-24-22(27)20-16-19(31(28,29)25(3)4)10-11-21(20)26-12-14-30-15-13-26/h5-11,16H,12-15,17H2,1-4H3,(H,24,27). The molecule has 1 fully saturated rings. The summed E-state index contributed by atoms with van der Waals surface area (Å²) < 4.78 is 31.9. The molecule has 1 heterocycles. The van der Waals surface area contributed by atoms with Crippen molar-refractivity contribution in [3.05, 3.63) is 59.7 Å². The van der Waals surface area contributed by atoms with Gasteiger partial charge in [0.15, 0.2) is 0 Å². The quantitative estimate of drug-likeness (QED) is 0.708. The zero-order chi connectivity index (χ0) is 22.6. The number of morpholine rings is 1. The van der Waals surface area contributed by atoms with Crippen LogP contribution in [0.1, 0.15) is 29.8 Å². The van der Waals surface area contributed by atoms with E-state index >= 15 is 0 Å². The smallest absolute Gasteiger partial charge is 0.253 e. The Labute approximate surface area is 185 Å². The molecule has 8 heteroatoms. The van der Waals surface area contributed by atoms with E-state index in [0.29, 0.717) is 38.4 Å². The van der Waals surface area contributed by atoms with Crippen LogP contribution in [-0.4, -0.2) is 65.6 Å². The van der Waals surface area contributed by atoms with Gasteiger partial charge >= 0.3 is 0 Å². The summed E-state index contributed by atoms with van der Waals surface area (Å²) in [6.45, 7) is 6.99. The Morgan fingerprint density at radius 2 is 1.74 bits per heavy atom. The second-order valence-corrected chi connectivity index (χ2v) is 10.7. The lowest BCUT2D eigenvalue weighted by atomic mass is 9.84. The SMILES string of the molecule is CN(C)S(=O)(=O)c1ccc(N2CCOCC2)c(C(=O)NCC(C)(C)c2ccccc2)c1. The van der Waals surface area contributed by atoms with Crippen molar-refractivity contribution in [3.63, 3.8) is 0 Å². The molecule has 7 nitrogen and oxygen atoms in total. The molecule has 0 bridgehead atoms. The van der Waals surface area contributed by atoms with E-state index in [9.17, 15) is 13.2 Å². The number of amides is 1. The van der Waals surface area contributed by atoms with Crippen LogP contribution < -0.4 is 10.2 Å². The normalized spacial score (nSPS) is 15.2. The maximum absolute atomic E-state index is 13.3. The van der Waals surface area contributed by atoms with E-state index in [1.165, 1.54) is 20.2 Å². The number of carbonyl (C=O) groups excluding carboxylic acids is 1. The number of sulfonamides is 1. The summed E-state index contributed by atoms with van der Waals surface area (Å²) in [5, 5.41) is 3.02. The number of hydrogen-bond acceptors (Lipinski definition) is 5. The second-order valence-electron chi connectivity index (χ2n) is 8.50. The Morgan fingerprint density at radius 1 is 1.10 bits per heavy atom. The molecule has 1 aliphatic rings. The highest BCUT2D eigenvalue weighted by molar-refractivity contribution is 7.89. The number of anilines is 1. The van der Waals surface area contributed by atoms with Crippen molar-refractivity contribution in [2.24, 2.45) is 0 Å². The first-order valence-corrected chi connectivity index (χ1v) is 11.8. The van der Waals surface area contributed by atoms with Crippen molar-refractivity contribution >= 4 is 21.6 Å². The van der Waals surface area contributed by atoms with E-state index in [2.05, 4.69) is 24.1 Å². The van der Waals surface area contributed by atoms with E-state index in [1.807, 2.05) is 30.3 Å². The highest BCUT2D eigenvalue weighted by atomic mass is 32.2. The highest BCUT2D eigenvalue weighted by Crippen LogP contribution is 2.27. The number of nitrogens with one attached hydrogen (secondary N) is 1. The molecular formula is C23H31N3O4S. The van der Waals surface area contributed by atoms with Gasteiger partial charge in [0.2, 0.25) is 10.0 Å². The van der Waals surface area contributed by atoms with Crippen molar-refractivity contribution < 1.29 is 17.9 Å². The summed E-state index contributed by atoms with van der Waals surface area (Å²) in [4.78, 5) is 15.4. The molecular weight excluding hydrogens is 414 g/mol. The molecule has 0 spiro atoms. The summed E-state index contributed by atoms with van der Waals surface area (Å²) in [5.41, 5.74) is 1.92. The summed E-state index contributed by atoms with van der Waals surface area (Å²) in [7, 11) is -0.698. The fraction of sp³-hybridized carbons (Fsp3) is 0.435. The van der Waals surface area contributed by atoms with Gasteiger partial charge in [-0.25, -0.2) is 12.7 Å². The molecule has 0 atom stereocenters. The summed E-state index contributed by atoms with van der Waals surface area (Å²) in [5.74, 6) is -0.290. The molecule has 0 aliphatic carbocycles. The van der Waals surface area contributed by atoms with Crippen LogP contribution >= 0.6 is 0 Å². The molecule has 1 aliphatic heterocycles. The largest absolute Gasteiger partial charge is 0.378 e. The molecule has 31 heavy (non-hydrogen) atoms. The molecule has 2 aromatic rings. The van der Waals surface area contributed by atoms with Crippen LogP contribution in [-0.2, 0) is 20.2 Å². The molecule has 168 valence electrons. The maximum atomic E-state index is 13.3. The van der Waals surface area contributed by atoms with Crippen molar-refractivity contribution in [2.75, 3.05) is 51.8 Å². The van der Waals surface area contributed by atoms with Gasteiger partial charge < -0.3 is 15.0 Å². The van der Waals surface area contributed by atoms with Crippen LogP contribution in [0.25, 0.3) is 0 Å². The molecule has 0 saturated carbocycles. The Balaban J connectivity index is 1.91. The predicted molar refractivity (Wildman–Crippen MR) is 122 cm³/mol. The lowest BCUT2D eigenvalue weighted by Gasteiger charge is -2.31. The minimum atomic E-state index is -3.66. The Bertz CT molecular complexity index is 1010. The van der Waals surface area contributed by atoms with Crippen molar-refractivity contribution in [3.8, 4) is 0 Å². The van der Waals surface area contributed by atoms with Gasteiger partial charge in [-0.15, -0.1) is 0 Å². The first kappa shape index (κ1) is 23.2. The Hall–Kier alpha value is -2.42. The van der Waals surface area contributed by atoms with E-state index in [-0.39, 0.29) is 16.2 Å². The van der Waals surface area contributed by atoms with Gasteiger partial charge in [0.25, 0.3) is 5.91 Å². The van der Waals surface area contributed by atoms with E-state index in [4.69, 9.17) is 4.74 Å². The topological polar surface area (TPSA) is 79.0 Å². The van der Waals surface area contributed by atoms with Crippen molar-refractivity contribution in [2.45, 2.75) is 24.2 Å². The number of rotatable bonds is 7. The van der Waals surface area contributed by atoms with Gasteiger partial charge in [-0.3, -0.25) is 4.79 Å². The average Bonchev–Trinajstić information content (AvgIpc) is 2.78. The molecule has 0 aromatic heterocycles. The Morgan fingerprint density at radius 3 is 2.35 bits per heavy atom. The van der Waals surface area contributed by atoms with Crippen LogP contribution in [0.3, 0.4) is 0 Å². The number of hydrogen-bond donors (Lipinski definition) is 1.